The van der Waals surface area contributed by atoms with Crippen molar-refractivity contribution in [3.05, 3.63) is 0 Å². The molecule has 0 aromatic heterocycles. The Morgan fingerprint density at radius 3 is 2.83 bits per heavy atom. The van der Waals surface area contributed by atoms with Crippen molar-refractivity contribution < 1.29 is 9.90 Å². The van der Waals surface area contributed by atoms with E-state index in [1.165, 1.54) is 25.7 Å². The number of carbonyl (C=O) groups is 1. The number of hydrogen-bond donors (Lipinski definition) is 2. The lowest BCUT2D eigenvalue weighted by Gasteiger charge is -2.43. The molecular weight excluding hydrogens is 228 g/mol. The van der Waals surface area contributed by atoms with Gasteiger partial charge in [0.1, 0.15) is 6.04 Å². The molecule has 2 aliphatic rings. The number of piperazine rings is 1. The van der Waals surface area contributed by atoms with Crippen molar-refractivity contribution in [3.8, 4) is 0 Å². The summed E-state index contributed by atoms with van der Waals surface area (Å²) in [7, 11) is 0. The third-order valence-corrected chi connectivity index (χ3v) is 4.67. The van der Waals surface area contributed by atoms with Crippen LogP contribution in [0.1, 0.15) is 39.5 Å². The maximum atomic E-state index is 11.3. The normalized spacial score (nSPS) is 34.7. The van der Waals surface area contributed by atoms with Gasteiger partial charge in [-0.3, -0.25) is 9.69 Å². The molecule has 0 bridgehead atoms. The van der Waals surface area contributed by atoms with Gasteiger partial charge in [0.15, 0.2) is 0 Å². The lowest BCUT2D eigenvalue weighted by molar-refractivity contribution is -0.145. The highest BCUT2D eigenvalue weighted by atomic mass is 16.4. The van der Waals surface area contributed by atoms with E-state index in [4.69, 9.17) is 0 Å². The van der Waals surface area contributed by atoms with Crippen LogP contribution in [0.3, 0.4) is 0 Å². The fourth-order valence-corrected chi connectivity index (χ4v) is 3.49. The first-order valence-electron chi connectivity index (χ1n) is 7.29. The number of carboxylic acid groups (broad SMARTS) is 1. The fourth-order valence-electron chi connectivity index (χ4n) is 3.49. The molecule has 3 atom stereocenters. The summed E-state index contributed by atoms with van der Waals surface area (Å²) in [6.07, 6.45) is 4.93. The van der Waals surface area contributed by atoms with Crippen molar-refractivity contribution in [2.45, 2.75) is 51.6 Å². The van der Waals surface area contributed by atoms with Gasteiger partial charge in [-0.1, -0.05) is 26.7 Å². The van der Waals surface area contributed by atoms with Crippen LogP contribution in [0.25, 0.3) is 0 Å². The monoisotopic (exact) mass is 254 g/mol. The van der Waals surface area contributed by atoms with Crippen LogP contribution >= 0.6 is 0 Å². The van der Waals surface area contributed by atoms with Gasteiger partial charge < -0.3 is 10.4 Å². The first-order valence-corrected chi connectivity index (χ1v) is 7.29. The highest BCUT2D eigenvalue weighted by Gasteiger charge is 2.36. The van der Waals surface area contributed by atoms with E-state index in [0.29, 0.717) is 12.6 Å². The van der Waals surface area contributed by atoms with Gasteiger partial charge in [0.05, 0.1) is 0 Å². The molecule has 3 unspecified atom stereocenters. The number of aliphatic carboxylic acids is 1. The second-order valence-electron chi connectivity index (χ2n) is 6.12. The van der Waals surface area contributed by atoms with Crippen LogP contribution in [-0.2, 0) is 4.79 Å². The third-order valence-electron chi connectivity index (χ3n) is 4.67. The molecule has 0 radical (unpaired) electrons. The molecule has 4 nitrogen and oxygen atoms in total. The molecule has 1 saturated carbocycles. The van der Waals surface area contributed by atoms with Gasteiger partial charge in [0.2, 0.25) is 0 Å². The predicted octanol–water partition coefficient (Wildman–Crippen LogP) is 1.56. The van der Waals surface area contributed by atoms with Crippen LogP contribution in [0.15, 0.2) is 0 Å². The summed E-state index contributed by atoms with van der Waals surface area (Å²) < 4.78 is 0. The van der Waals surface area contributed by atoms with Crippen LogP contribution in [0, 0.1) is 11.8 Å². The Hall–Kier alpha value is -0.610. The summed E-state index contributed by atoms with van der Waals surface area (Å²) in [5.74, 6) is 0.820. The van der Waals surface area contributed by atoms with Crippen LogP contribution in [-0.4, -0.2) is 47.7 Å². The minimum absolute atomic E-state index is 0.324. The van der Waals surface area contributed by atoms with E-state index >= 15 is 0 Å². The molecule has 104 valence electrons. The van der Waals surface area contributed by atoms with Crippen LogP contribution in [0.2, 0.25) is 0 Å². The molecule has 2 fully saturated rings. The molecule has 0 spiro atoms. The predicted molar refractivity (Wildman–Crippen MR) is 71.6 cm³/mol. The summed E-state index contributed by atoms with van der Waals surface area (Å²) in [4.78, 5) is 13.6. The Morgan fingerprint density at radius 1 is 1.39 bits per heavy atom. The van der Waals surface area contributed by atoms with Gasteiger partial charge in [0, 0.05) is 25.7 Å². The maximum Gasteiger partial charge on any atom is 0.322 e. The molecule has 1 aliphatic carbocycles. The summed E-state index contributed by atoms with van der Waals surface area (Å²) in [6, 6.07) is 0.156. The Kier molecular flexibility index (Phi) is 4.62. The van der Waals surface area contributed by atoms with E-state index < -0.39 is 5.97 Å². The molecule has 0 aromatic carbocycles. The van der Waals surface area contributed by atoms with E-state index in [9.17, 15) is 9.90 Å². The molecule has 0 amide bonds. The minimum atomic E-state index is -0.672. The van der Waals surface area contributed by atoms with Gasteiger partial charge in [-0.15, -0.1) is 0 Å². The van der Waals surface area contributed by atoms with Crippen LogP contribution in [0.4, 0.5) is 0 Å². The van der Waals surface area contributed by atoms with Gasteiger partial charge >= 0.3 is 5.97 Å². The van der Waals surface area contributed by atoms with E-state index in [0.717, 1.165) is 24.9 Å². The first kappa shape index (κ1) is 13.8. The Balaban J connectivity index is 2.01. The zero-order chi connectivity index (χ0) is 13.1. The standard InChI is InChI=1S/C14H26N2O2/c1-10(2)11-4-3-5-12(8-11)16-7-6-15-9-13(16)14(17)18/h10-13,15H,3-9H2,1-2H3,(H,17,18). The Labute approximate surface area is 110 Å². The van der Waals surface area contributed by atoms with Crippen molar-refractivity contribution in [2.75, 3.05) is 19.6 Å². The zero-order valence-corrected chi connectivity index (χ0v) is 11.6. The second-order valence-corrected chi connectivity index (χ2v) is 6.12. The van der Waals surface area contributed by atoms with E-state index in [2.05, 4.69) is 24.1 Å². The van der Waals surface area contributed by atoms with Crippen molar-refractivity contribution >= 4 is 5.97 Å². The summed E-state index contributed by atoms with van der Waals surface area (Å²) in [5, 5.41) is 12.5. The Morgan fingerprint density at radius 2 is 2.17 bits per heavy atom. The molecule has 2 rings (SSSR count). The zero-order valence-electron chi connectivity index (χ0n) is 11.6. The van der Waals surface area contributed by atoms with Crippen molar-refractivity contribution in [3.63, 3.8) is 0 Å². The average molecular weight is 254 g/mol. The highest BCUT2D eigenvalue weighted by Crippen LogP contribution is 2.33. The quantitative estimate of drug-likeness (QED) is 0.802. The number of rotatable bonds is 3. The molecule has 2 N–H and O–H groups in total. The third kappa shape index (κ3) is 3.04. The molecule has 18 heavy (non-hydrogen) atoms. The van der Waals surface area contributed by atoms with Crippen LogP contribution < -0.4 is 5.32 Å². The number of nitrogens with one attached hydrogen (secondary N) is 1. The lowest BCUT2D eigenvalue weighted by atomic mass is 9.78. The summed E-state index contributed by atoms with van der Waals surface area (Å²) in [5.41, 5.74) is 0. The summed E-state index contributed by atoms with van der Waals surface area (Å²) >= 11 is 0. The van der Waals surface area contributed by atoms with Gasteiger partial charge in [-0.2, -0.15) is 0 Å². The lowest BCUT2D eigenvalue weighted by Crippen LogP contribution is -2.59. The molecule has 1 saturated heterocycles. The molecule has 1 aliphatic heterocycles. The second kappa shape index (κ2) is 6.02. The van der Waals surface area contributed by atoms with E-state index in [1.807, 2.05) is 0 Å². The first-order chi connectivity index (χ1) is 8.59. The maximum absolute atomic E-state index is 11.3. The van der Waals surface area contributed by atoms with Crippen molar-refractivity contribution in [2.24, 2.45) is 11.8 Å². The largest absolute Gasteiger partial charge is 0.480 e. The van der Waals surface area contributed by atoms with Crippen molar-refractivity contribution in [1.29, 1.82) is 0 Å². The van der Waals surface area contributed by atoms with Crippen LogP contribution in [0.5, 0.6) is 0 Å². The number of nitrogens with zero attached hydrogens (tertiary/aromatic N) is 1. The minimum Gasteiger partial charge on any atom is -0.480 e. The smallest absolute Gasteiger partial charge is 0.322 e. The van der Waals surface area contributed by atoms with Gasteiger partial charge in [-0.25, -0.2) is 0 Å². The number of carboxylic acids is 1. The van der Waals surface area contributed by atoms with E-state index in [-0.39, 0.29) is 6.04 Å². The topological polar surface area (TPSA) is 52.6 Å². The average Bonchev–Trinajstić information content (AvgIpc) is 2.39. The molecule has 4 heteroatoms. The van der Waals surface area contributed by atoms with Crippen molar-refractivity contribution in [1.82, 2.24) is 10.2 Å². The Bertz CT molecular complexity index is 294. The molecule has 0 aromatic rings. The van der Waals surface area contributed by atoms with Gasteiger partial charge in [0.25, 0.3) is 0 Å². The number of hydrogen-bond acceptors (Lipinski definition) is 3. The SMILES string of the molecule is CC(C)C1CCCC(N2CCNCC2C(=O)O)C1. The molecular formula is C14H26N2O2. The highest BCUT2D eigenvalue weighted by molar-refractivity contribution is 5.74. The fraction of sp³-hybridized carbons (Fsp3) is 0.929. The van der Waals surface area contributed by atoms with Gasteiger partial charge in [-0.05, 0) is 24.7 Å². The van der Waals surface area contributed by atoms with E-state index in [1.54, 1.807) is 0 Å². The molecule has 1 heterocycles. The summed E-state index contributed by atoms with van der Waals surface area (Å²) in [6.45, 7) is 6.98.